The first-order chi connectivity index (χ1) is 9.50. The van der Waals surface area contributed by atoms with Gasteiger partial charge in [0.2, 0.25) is 11.1 Å². The normalized spacial score (nSPS) is 10.6. The summed E-state index contributed by atoms with van der Waals surface area (Å²) >= 11 is 1.16. The monoisotopic (exact) mass is 295 g/mol. The Labute approximate surface area is 119 Å². The molecule has 0 radical (unpaired) electrons. The van der Waals surface area contributed by atoms with Crippen molar-refractivity contribution in [3.63, 3.8) is 0 Å². The minimum atomic E-state index is -0.424. The number of nitrogen functional groups attached to an aromatic ring is 1. The van der Waals surface area contributed by atoms with Crippen molar-refractivity contribution in [1.82, 2.24) is 19.8 Å². The Kier molecular flexibility index (Phi) is 4.23. The maximum Gasteiger partial charge on any atom is 0.232 e. The summed E-state index contributed by atoms with van der Waals surface area (Å²) in [4.78, 5) is 13.0. The van der Waals surface area contributed by atoms with Crippen molar-refractivity contribution >= 4 is 17.7 Å². The molecule has 6 nitrogen and oxygen atoms in total. The van der Waals surface area contributed by atoms with Gasteiger partial charge < -0.3 is 10.7 Å². The Morgan fingerprint density at radius 3 is 2.75 bits per heavy atom. The van der Waals surface area contributed by atoms with E-state index in [1.54, 1.807) is 32.3 Å². The van der Waals surface area contributed by atoms with E-state index in [1.807, 2.05) is 0 Å². The SMILES string of the molecule is CN(C)C(=O)CSc1nnc(-c2ccccc2F)n1N. The minimum absolute atomic E-state index is 0.0644. The lowest BCUT2D eigenvalue weighted by Crippen LogP contribution is -2.24. The standard InChI is InChI=1S/C12H14FN5OS/c1-17(2)10(19)7-20-12-16-15-11(18(12)14)8-5-3-4-6-9(8)13/h3-6H,7,14H2,1-2H3. The van der Waals surface area contributed by atoms with Gasteiger partial charge in [-0.2, -0.15) is 0 Å². The molecule has 0 saturated heterocycles. The van der Waals surface area contributed by atoms with Gasteiger partial charge in [0.1, 0.15) is 5.82 Å². The lowest BCUT2D eigenvalue weighted by molar-refractivity contribution is -0.125. The Morgan fingerprint density at radius 1 is 1.40 bits per heavy atom. The van der Waals surface area contributed by atoms with E-state index < -0.39 is 5.82 Å². The van der Waals surface area contributed by atoms with Crippen LogP contribution in [-0.2, 0) is 4.79 Å². The summed E-state index contributed by atoms with van der Waals surface area (Å²) in [7, 11) is 3.33. The number of carbonyl (C=O) groups excluding carboxylic acids is 1. The number of rotatable bonds is 4. The van der Waals surface area contributed by atoms with Crippen LogP contribution in [0.4, 0.5) is 4.39 Å². The van der Waals surface area contributed by atoms with Crippen molar-refractivity contribution in [2.24, 2.45) is 0 Å². The first-order valence-corrected chi connectivity index (χ1v) is 6.77. The van der Waals surface area contributed by atoms with Gasteiger partial charge in [-0.1, -0.05) is 23.9 Å². The van der Waals surface area contributed by atoms with E-state index in [4.69, 9.17) is 5.84 Å². The van der Waals surface area contributed by atoms with Crippen LogP contribution in [0.5, 0.6) is 0 Å². The van der Waals surface area contributed by atoms with E-state index in [0.717, 1.165) is 11.8 Å². The molecule has 1 aromatic heterocycles. The molecule has 0 aliphatic heterocycles. The Morgan fingerprint density at radius 2 is 2.10 bits per heavy atom. The van der Waals surface area contributed by atoms with E-state index in [1.165, 1.54) is 15.6 Å². The van der Waals surface area contributed by atoms with Gasteiger partial charge in [0.05, 0.1) is 11.3 Å². The van der Waals surface area contributed by atoms with Crippen molar-refractivity contribution in [1.29, 1.82) is 0 Å². The van der Waals surface area contributed by atoms with Crippen molar-refractivity contribution < 1.29 is 9.18 Å². The van der Waals surface area contributed by atoms with Gasteiger partial charge in [0.25, 0.3) is 0 Å². The third-order valence-corrected chi connectivity index (χ3v) is 3.53. The second kappa shape index (κ2) is 5.91. The first-order valence-electron chi connectivity index (χ1n) is 5.79. The largest absolute Gasteiger partial charge is 0.348 e. The van der Waals surface area contributed by atoms with Crippen molar-refractivity contribution in [2.75, 3.05) is 25.7 Å². The van der Waals surface area contributed by atoms with E-state index in [2.05, 4.69) is 10.2 Å². The number of amides is 1. The van der Waals surface area contributed by atoms with Crippen LogP contribution in [0.2, 0.25) is 0 Å². The minimum Gasteiger partial charge on any atom is -0.348 e. The van der Waals surface area contributed by atoms with Crippen LogP contribution in [0.1, 0.15) is 0 Å². The first kappa shape index (κ1) is 14.3. The molecule has 0 aliphatic rings. The van der Waals surface area contributed by atoms with Crippen molar-refractivity contribution in [3.05, 3.63) is 30.1 Å². The average Bonchev–Trinajstić information content (AvgIpc) is 2.78. The molecule has 2 rings (SSSR count). The highest BCUT2D eigenvalue weighted by Gasteiger charge is 2.16. The number of benzene rings is 1. The molecule has 2 N–H and O–H groups in total. The zero-order valence-electron chi connectivity index (χ0n) is 11.1. The van der Waals surface area contributed by atoms with E-state index in [0.29, 0.717) is 5.16 Å². The lowest BCUT2D eigenvalue weighted by atomic mass is 10.2. The van der Waals surface area contributed by atoms with Crippen LogP contribution in [0.15, 0.2) is 29.4 Å². The summed E-state index contributed by atoms with van der Waals surface area (Å²) in [5.74, 6) is 5.78. The fourth-order valence-electron chi connectivity index (χ4n) is 1.46. The molecular weight excluding hydrogens is 281 g/mol. The Balaban J connectivity index is 2.20. The van der Waals surface area contributed by atoms with Gasteiger partial charge in [0.15, 0.2) is 5.82 Å². The second-order valence-electron chi connectivity index (χ2n) is 4.23. The van der Waals surface area contributed by atoms with Gasteiger partial charge in [-0.25, -0.2) is 9.07 Å². The molecule has 0 aliphatic carbocycles. The highest BCUT2D eigenvalue weighted by atomic mass is 32.2. The predicted molar refractivity (Wildman–Crippen MR) is 75.0 cm³/mol. The molecule has 106 valence electrons. The highest BCUT2D eigenvalue weighted by molar-refractivity contribution is 7.99. The van der Waals surface area contributed by atoms with Gasteiger partial charge in [-0.3, -0.25) is 4.79 Å². The molecule has 0 atom stereocenters. The zero-order chi connectivity index (χ0) is 14.7. The summed E-state index contributed by atoms with van der Waals surface area (Å²) in [6.07, 6.45) is 0. The Bertz CT molecular complexity index is 628. The van der Waals surface area contributed by atoms with Gasteiger partial charge in [-0.05, 0) is 12.1 Å². The van der Waals surface area contributed by atoms with Gasteiger partial charge in [0, 0.05) is 14.1 Å². The van der Waals surface area contributed by atoms with E-state index in [9.17, 15) is 9.18 Å². The molecule has 0 bridgehead atoms. The van der Waals surface area contributed by atoms with Crippen LogP contribution in [-0.4, -0.2) is 45.5 Å². The number of carbonyl (C=O) groups is 1. The number of nitrogens with zero attached hydrogens (tertiary/aromatic N) is 4. The topological polar surface area (TPSA) is 77.0 Å². The fraction of sp³-hybridized carbons (Fsp3) is 0.250. The van der Waals surface area contributed by atoms with E-state index >= 15 is 0 Å². The number of aromatic nitrogens is 3. The molecule has 8 heteroatoms. The molecule has 1 aromatic carbocycles. The van der Waals surface area contributed by atoms with E-state index in [-0.39, 0.29) is 23.0 Å². The van der Waals surface area contributed by atoms with Gasteiger partial charge in [-0.15, -0.1) is 10.2 Å². The molecule has 1 heterocycles. The van der Waals surface area contributed by atoms with Gasteiger partial charge >= 0.3 is 0 Å². The van der Waals surface area contributed by atoms with Crippen LogP contribution < -0.4 is 5.84 Å². The quantitative estimate of drug-likeness (QED) is 0.672. The fourth-order valence-corrected chi connectivity index (χ4v) is 2.29. The van der Waals surface area contributed by atoms with Crippen LogP contribution >= 0.6 is 11.8 Å². The maximum atomic E-state index is 13.7. The van der Waals surface area contributed by atoms with Crippen LogP contribution in [0.25, 0.3) is 11.4 Å². The summed E-state index contributed by atoms with van der Waals surface area (Å²) in [6.45, 7) is 0. The zero-order valence-corrected chi connectivity index (χ0v) is 11.9. The third-order valence-electron chi connectivity index (χ3n) is 2.60. The Hall–Kier alpha value is -2.09. The molecule has 0 saturated carbocycles. The number of hydrogen-bond acceptors (Lipinski definition) is 5. The molecule has 0 fully saturated rings. The molecular formula is C12H14FN5OS. The van der Waals surface area contributed by atoms with Crippen molar-refractivity contribution in [2.45, 2.75) is 5.16 Å². The maximum absolute atomic E-state index is 13.7. The number of thioether (sulfide) groups is 1. The lowest BCUT2D eigenvalue weighted by Gasteiger charge is -2.09. The van der Waals surface area contributed by atoms with Crippen LogP contribution in [0, 0.1) is 5.82 Å². The number of nitrogens with two attached hydrogens (primary N) is 1. The third kappa shape index (κ3) is 2.90. The molecule has 0 spiro atoms. The average molecular weight is 295 g/mol. The molecule has 20 heavy (non-hydrogen) atoms. The number of halogens is 1. The second-order valence-corrected chi connectivity index (χ2v) is 5.18. The summed E-state index contributed by atoms with van der Waals surface area (Å²) in [5, 5.41) is 8.11. The summed E-state index contributed by atoms with van der Waals surface area (Å²) in [6, 6.07) is 6.17. The number of hydrogen-bond donors (Lipinski definition) is 1. The van der Waals surface area contributed by atoms with Crippen molar-refractivity contribution in [3.8, 4) is 11.4 Å². The molecule has 0 unspecified atom stereocenters. The predicted octanol–water partition coefficient (Wildman–Crippen LogP) is 0.978. The molecule has 1 amide bonds. The highest BCUT2D eigenvalue weighted by Crippen LogP contribution is 2.23. The molecule has 2 aromatic rings. The smallest absolute Gasteiger partial charge is 0.232 e. The summed E-state index contributed by atoms with van der Waals surface area (Å²) < 4.78 is 14.9. The summed E-state index contributed by atoms with van der Waals surface area (Å²) in [5.41, 5.74) is 0.272. The van der Waals surface area contributed by atoms with Crippen LogP contribution in [0.3, 0.4) is 0 Å².